The van der Waals surface area contributed by atoms with Crippen LogP contribution in [0.1, 0.15) is 46.8 Å². The van der Waals surface area contributed by atoms with E-state index >= 15 is 0 Å². The van der Waals surface area contributed by atoms with Gasteiger partial charge in [0.2, 0.25) is 0 Å². The molecular formula is C29H22BrCl2NO4. The van der Waals surface area contributed by atoms with E-state index in [1.54, 1.807) is 31.2 Å². The summed E-state index contributed by atoms with van der Waals surface area (Å²) >= 11 is 16.0. The second-order valence-electron chi connectivity index (χ2n) is 8.69. The SMILES string of the molecule is CCOC(=O)C1=C(C)NC2=C(C(=O)c3ccccc32)[C@H]1c1cc(Br)ccc1OCc1ccc(Cl)cc1Cl. The number of fused-ring (bicyclic) bond motifs is 2. The predicted molar refractivity (Wildman–Crippen MR) is 148 cm³/mol. The molecule has 1 aliphatic carbocycles. The van der Waals surface area contributed by atoms with Gasteiger partial charge >= 0.3 is 5.97 Å². The molecule has 1 atom stereocenters. The lowest BCUT2D eigenvalue weighted by molar-refractivity contribution is -0.138. The van der Waals surface area contributed by atoms with Crippen LogP contribution in [0.2, 0.25) is 10.0 Å². The third-order valence-electron chi connectivity index (χ3n) is 6.43. The number of allylic oxidation sites excluding steroid dienone is 2. The van der Waals surface area contributed by atoms with Crippen LogP contribution < -0.4 is 10.1 Å². The highest BCUT2D eigenvalue weighted by Crippen LogP contribution is 2.49. The lowest BCUT2D eigenvalue weighted by Crippen LogP contribution is -2.29. The molecule has 0 fully saturated rings. The van der Waals surface area contributed by atoms with Crippen molar-refractivity contribution in [3.05, 3.63) is 114 Å². The number of esters is 1. The number of carbonyl (C=O) groups is 2. The van der Waals surface area contributed by atoms with Crippen molar-refractivity contribution in [2.45, 2.75) is 26.4 Å². The van der Waals surface area contributed by atoms with Crippen LogP contribution in [0.25, 0.3) is 5.70 Å². The number of ether oxygens (including phenoxy) is 2. The minimum atomic E-state index is -0.705. The third-order valence-corrected chi connectivity index (χ3v) is 7.51. The molecule has 1 N–H and O–H groups in total. The molecule has 0 spiro atoms. The fourth-order valence-corrected chi connectivity index (χ4v) is 5.63. The molecule has 8 heteroatoms. The monoisotopic (exact) mass is 597 g/mol. The Morgan fingerprint density at radius 2 is 1.81 bits per heavy atom. The first kappa shape index (κ1) is 25.6. The largest absolute Gasteiger partial charge is 0.489 e. The summed E-state index contributed by atoms with van der Waals surface area (Å²) in [4.78, 5) is 27.0. The molecule has 3 aromatic rings. The Hall–Kier alpha value is -3.06. The zero-order valence-corrected chi connectivity index (χ0v) is 23.1. The van der Waals surface area contributed by atoms with Crippen LogP contribution in [0.5, 0.6) is 5.75 Å². The van der Waals surface area contributed by atoms with Gasteiger partial charge in [0.05, 0.1) is 23.8 Å². The van der Waals surface area contributed by atoms with Gasteiger partial charge in [-0.15, -0.1) is 0 Å². The van der Waals surface area contributed by atoms with Crippen molar-refractivity contribution in [1.82, 2.24) is 5.32 Å². The predicted octanol–water partition coefficient (Wildman–Crippen LogP) is 7.47. The Morgan fingerprint density at radius 1 is 1.05 bits per heavy atom. The summed E-state index contributed by atoms with van der Waals surface area (Å²) in [5.74, 6) is -0.807. The molecule has 0 saturated carbocycles. The Bertz CT molecular complexity index is 1510. The third kappa shape index (κ3) is 4.70. The molecule has 0 saturated heterocycles. The second kappa shape index (κ2) is 10.4. The van der Waals surface area contributed by atoms with E-state index in [0.29, 0.717) is 49.5 Å². The summed E-state index contributed by atoms with van der Waals surface area (Å²) in [5, 5.41) is 4.34. The zero-order valence-electron chi connectivity index (χ0n) is 20.0. The van der Waals surface area contributed by atoms with E-state index in [4.69, 9.17) is 32.7 Å². The van der Waals surface area contributed by atoms with Gasteiger partial charge in [0.25, 0.3) is 0 Å². The topological polar surface area (TPSA) is 64.6 Å². The molecular weight excluding hydrogens is 577 g/mol. The van der Waals surface area contributed by atoms with Crippen LogP contribution in [0.3, 0.4) is 0 Å². The Labute approximate surface area is 233 Å². The maximum absolute atomic E-state index is 13.7. The number of benzene rings is 3. The number of hydrogen-bond donors (Lipinski definition) is 1. The van der Waals surface area contributed by atoms with Crippen LogP contribution in [0.15, 0.2) is 82.0 Å². The minimum absolute atomic E-state index is 0.135. The van der Waals surface area contributed by atoms with Crippen molar-refractivity contribution >= 4 is 56.6 Å². The summed E-state index contributed by atoms with van der Waals surface area (Å²) < 4.78 is 12.5. The van der Waals surface area contributed by atoms with E-state index in [1.807, 2.05) is 43.3 Å². The van der Waals surface area contributed by atoms with Gasteiger partial charge in [0, 0.05) is 48.0 Å². The molecule has 188 valence electrons. The molecule has 2 aliphatic rings. The molecule has 0 bridgehead atoms. The quantitative estimate of drug-likeness (QED) is 0.298. The normalized spacial score (nSPS) is 16.4. The summed E-state index contributed by atoms with van der Waals surface area (Å²) in [5.41, 5.74) is 5.00. The maximum Gasteiger partial charge on any atom is 0.336 e. The van der Waals surface area contributed by atoms with Crippen molar-refractivity contribution < 1.29 is 19.1 Å². The molecule has 37 heavy (non-hydrogen) atoms. The second-order valence-corrected chi connectivity index (χ2v) is 10.4. The molecule has 0 unspecified atom stereocenters. The highest BCUT2D eigenvalue weighted by molar-refractivity contribution is 9.10. The van der Waals surface area contributed by atoms with E-state index in [0.717, 1.165) is 15.6 Å². The number of dihydropyridines is 1. The van der Waals surface area contributed by atoms with Crippen LogP contribution in [-0.2, 0) is 16.1 Å². The lowest BCUT2D eigenvalue weighted by atomic mass is 9.79. The van der Waals surface area contributed by atoms with Gasteiger partial charge in [0.15, 0.2) is 5.78 Å². The van der Waals surface area contributed by atoms with Crippen LogP contribution in [-0.4, -0.2) is 18.4 Å². The minimum Gasteiger partial charge on any atom is -0.489 e. The number of nitrogens with one attached hydrogen (secondary N) is 1. The Kier molecular flexibility index (Phi) is 7.17. The van der Waals surface area contributed by atoms with Crippen molar-refractivity contribution in [3.8, 4) is 5.75 Å². The average molecular weight is 599 g/mol. The van der Waals surface area contributed by atoms with Crippen LogP contribution >= 0.6 is 39.1 Å². The van der Waals surface area contributed by atoms with Crippen molar-refractivity contribution in [2.75, 3.05) is 6.61 Å². The first-order valence-corrected chi connectivity index (χ1v) is 13.2. The summed E-state index contributed by atoms with van der Waals surface area (Å²) in [7, 11) is 0. The lowest BCUT2D eigenvalue weighted by Gasteiger charge is -2.30. The first-order chi connectivity index (χ1) is 17.8. The molecule has 0 radical (unpaired) electrons. The maximum atomic E-state index is 13.7. The number of carbonyl (C=O) groups excluding carboxylic acids is 2. The number of ketones is 1. The standard InChI is InChI=1S/C29H22BrCl2NO4/c1-3-36-29(35)24-15(2)33-27-19-6-4-5-7-20(19)28(34)26(27)25(24)21-12-17(30)9-11-23(21)37-14-16-8-10-18(31)13-22(16)32/h4-13,25,33H,3,14H2,1-2H3/t25-/m0/s1. The van der Waals surface area contributed by atoms with Gasteiger partial charge in [-0.3, -0.25) is 4.79 Å². The van der Waals surface area contributed by atoms with E-state index in [9.17, 15) is 9.59 Å². The Morgan fingerprint density at radius 3 is 2.54 bits per heavy atom. The van der Waals surface area contributed by atoms with E-state index in [2.05, 4.69) is 21.2 Å². The van der Waals surface area contributed by atoms with Gasteiger partial charge in [-0.2, -0.15) is 0 Å². The highest BCUT2D eigenvalue weighted by atomic mass is 79.9. The van der Waals surface area contributed by atoms with E-state index in [-0.39, 0.29) is 19.0 Å². The molecule has 0 aromatic heterocycles. The molecule has 5 rings (SSSR count). The fraction of sp³-hybridized carbons (Fsp3) is 0.172. The van der Waals surface area contributed by atoms with Gasteiger partial charge in [-0.05, 0) is 44.2 Å². The average Bonchev–Trinajstić information content (AvgIpc) is 3.15. The van der Waals surface area contributed by atoms with Gasteiger partial charge in [-0.25, -0.2) is 4.79 Å². The summed E-state index contributed by atoms with van der Waals surface area (Å²) in [6.45, 7) is 3.96. The first-order valence-electron chi connectivity index (χ1n) is 11.7. The molecule has 1 heterocycles. The smallest absolute Gasteiger partial charge is 0.336 e. The molecule has 0 amide bonds. The number of Topliss-reactive ketones (excluding diaryl/α,β-unsaturated/α-hetero) is 1. The van der Waals surface area contributed by atoms with E-state index in [1.165, 1.54) is 0 Å². The summed E-state index contributed by atoms with van der Waals surface area (Å²) in [6.07, 6.45) is 0. The van der Waals surface area contributed by atoms with Gasteiger partial charge in [0.1, 0.15) is 12.4 Å². The van der Waals surface area contributed by atoms with Gasteiger partial charge < -0.3 is 14.8 Å². The number of hydrogen-bond acceptors (Lipinski definition) is 5. The van der Waals surface area contributed by atoms with Crippen LogP contribution in [0.4, 0.5) is 0 Å². The van der Waals surface area contributed by atoms with Crippen molar-refractivity contribution in [3.63, 3.8) is 0 Å². The summed E-state index contributed by atoms with van der Waals surface area (Å²) in [6, 6.07) is 18.2. The van der Waals surface area contributed by atoms with Gasteiger partial charge in [-0.1, -0.05) is 69.5 Å². The highest BCUT2D eigenvalue weighted by Gasteiger charge is 2.44. The Balaban J connectivity index is 1.65. The molecule has 5 nitrogen and oxygen atoms in total. The van der Waals surface area contributed by atoms with Crippen molar-refractivity contribution in [1.29, 1.82) is 0 Å². The molecule has 3 aromatic carbocycles. The molecule has 1 aliphatic heterocycles. The van der Waals surface area contributed by atoms with E-state index < -0.39 is 11.9 Å². The van der Waals surface area contributed by atoms with Crippen LogP contribution in [0, 0.1) is 0 Å². The fourth-order valence-electron chi connectivity index (χ4n) is 4.79. The zero-order chi connectivity index (χ0) is 26.3. The number of rotatable bonds is 6. The van der Waals surface area contributed by atoms with Crippen molar-refractivity contribution in [2.24, 2.45) is 0 Å². The number of halogens is 3.